The van der Waals surface area contributed by atoms with Crippen molar-refractivity contribution in [1.29, 1.82) is 0 Å². The van der Waals surface area contributed by atoms with Gasteiger partial charge in [0.1, 0.15) is 33.0 Å². The molecule has 21 nitrogen and oxygen atoms in total. The summed E-state index contributed by atoms with van der Waals surface area (Å²) in [7, 11) is 3.59. The molecule has 0 unspecified atom stereocenters. The van der Waals surface area contributed by atoms with Gasteiger partial charge in [-0.1, -0.05) is 51.9 Å². The van der Waals surface area contributed by atoms with Crippen LogP contribution in [0.25, 0.3) is 0 Å². The highest BCUT2D eigenvalue weighted by Gasteiger charge is 2.11. The largest absolute Gasteiger partial charge is 0.550 e. The standard InChI is InChI=1S/C43H68O21S2/c44-38(45)6-7-39(46)60-29-24-54-17-12-51-13-18-55-25-30-61-40(47)8-9-41(48)62-31-26-56-19-14-52-15-20-57-27-32-63-42(49)10-11-43(50)64-33-28-58-21-16-53-22-23-59-34-35-65-66-36-37-4-2-1-3-5-37/h1-5H,6-36H2,(H,44,45)/p-1. The average molecular weight is 984 g/mol. The maximum absolute atomic E-state index is 11.9. The van der Waals surface area contributed by atoms with Gasteiger partial charge in [0.15, 0.2) is 0 Å². The first-order valence-corrected chi connectivity index (χ1v) is 24.2. The molecule has 0 saturated carbocycles. The molecule has 0 heterocycles. The fourth-order valence-corrected chi connectivity index (χ4v) is 6.44. The van der Waals surface area contributed by atoms with E-state index in [0.717, 1.165) is 11.5 Å². The van der Waals surface area contributed by atoms with Gasteiger partial charge in [-0.15, -0.1) is 0 Å². The molecule has 0 N–H and O–H groups in total. The molecule has 66 heavy (non-hydrogen) atoms. The van der Waals surface area contributed by atoms with Crippen molar-refractivity contribution in [2.75, 3.05) is 158 Å². The second-order valence-corrected chi connectivity index (χ2v) is 15.6. The molecule has 0 saturated heterocycles. The summed E-state index contributed by atoms with van der Waals surface area (Å²) in [5.74, 6) is -2.26. The summed E-state index contributed by atoms with van der Waals surface area (Å²) in [6, 6.07) is 10.3. The van der Waals surface area contributed by atoms with Crippen molar-refractivity contribution in [1.82, 2.24) is 0 Å². The first-order chi connectivity index (χ1) is 32.3. The minimum atomic E-state index is -1.32. The summed E-state index contributed by atoms with van der Waals surface area (Å²) >= 11 is 0. The SMILES string of the molecule is O=C([O-])CCC(=O)OCCOCCOCCOCCOC(=O)CCC(=O)OCCOCCOCCOCCOC(=O)CCC(=O)OCCOCCOCCOCCSSCc1ccccc1. The van der Waals surface area contributed by atoms with Gasteiger partial charge in [0, 0.05) is 17.5 Å². The lowest BCUT2D eigenvalue weighted by Crippen LogP contribution is -2.23. The predicted molar refractivity (Wildman–Crippen MR) is 235 cm³/mol. The summed E-state index contributed by atoms with van der Waals surface area (Å²) < 4.78 is 73.3. The predicted octanol–water partition coefficient (Wildman–Crippen LogP) is 1.52. The molecule has 0 aromatic heterocycles. The Kier molecular flexibility index (Phi) is 42.5. The highest BCUT2D eigenvalue weighted by molar-refractivity contribution is 8.76. The van der Waals surface area contributed by atoms with Crippen molar-refractivity contribution in [2.24, 2.45) is 0 Å². The number of carboxylic acids is 1. The molecule has 0 aliphatic heterocycles. The van der Waals surface area contributed by atoms with E-state index in [1.807, 2.05) is 29.0 Å². The molecule has 0 aliphatic carbocycles. The van der Waals surface area contributed by atoms with Crippen LogP contribution in [0.3, 0.4) is 0 Å². The molecule has 0 aliphatic rings. The topological polar surface area (TPSA) is 255 Å². The van der Waals surface area contributed by atoms with E-state index < -0.39 is 42.2 Å². The van der Waals surface area contributed by atoms with Gasteiger partial charge in [-0.05, 0) is 12.0 Å². The third-order valence-electron chi connectivity index (χ3n) is 7.75. The molecule has 0 fully saturated rings. The van der Waals surface area contributed by atoms with E-state index in [2.05, 4.69) is 12.1 Å². The number of ether oxygens (including phenoxy) is 14. The van der Waals surface area contributed by atoms with Crippen LogP contribution in [0.1, 0.15) is 44.1 Å². The van der Waals surface area contributed by atoms with Gasteiger partial charge in [-0.3, -0.25) is 24.0 Å². The lowest BCUT2D eigenvalue weighted by atomic mass is 10.2. The average Bonchev–Trinajstić information content (AvgIpc) is 3.31. The van der Waals surface area contributed by atoms with E-state index in [-0.39, 0.29) is 151 Å². The van der Waals surface area contributed by atoms with E-state index in [0.29, 0.717) is 33.0 Å². The zero-order valence-corrected chi connectivity index (χ0v) is 39.3. The van der Waals surface area contributed by atoms with Crippen LogP contribution in [0, 0.1) is 0 Å². The van der Waals surface area contributed by atoms with Crippen LogP contribution >= 0.6 is 21.6 Å². The van der Waals surface area contributed by atoms with Gasteiger partial charge in [-0.25, -0.2) is 0 Å². The smallest absolute Gasteiger partial charge is 0.306 e. The second kappa shape index (κ2) is 46.5. The number of aliphatic carboxylic acids is 1. The Morgan fingerprint density at radius 1 is 0.333 bits per heavy atom. The minimum Gasteiger partial charge on any atom is -0.550 e. The molecule has 0 radical (unpaired) electrons. The van der Waals surface area contributed by atoms with E-state index >= 15 is 0 Å². The highest BCUT2D eigenvalue weighted by atomic mass is 33.1. The van der Waals surface area contributed by atoms with Crippen LogP contribution < -0.4 is 5.11 Å². The molecular weight excluding hydrogens is 917 g/mol. The Morgan fingerprint density at radius 3 is 0.879 bits per heavy atom. The number of carboxylic acid groups (broad SMARTS) is 1. The maximum atomic E-state index is 11.9. The lowest BCUT2D eigenvalue weighted by Gasteiger charge is -2.09. The van der Waals surface area contributed by atoms with Gasteiger partial charge in [0.2, 0.25) is 0 Å². The van der Waals surface area contributed by atoms with Crippen molar-refractivity contribution in [3.63, 3.8) is 0 Å². The van der Waals surface area contributed by atoms with Crippen molar-refractivity contribution < 1.29 is 100 Å². The molecule has 378 valence electrons. The maximum Gasteiger partial charge on any atom is 0.306 e. The lowest BCUT2D eigenvalue weighted by molar-refractivity contribution is -0.305. The molecule has 0 amide bonds. The number of rotatable bonds is 48. The van der Waals surface area contributed by atoms with Crippen LogP contribution in [0.5, 0.6) is 0 Å². The Hall–Kier alpha value is -3.62. The zero-order valence-electron chi connectivity index (χ0n) is 37.7. The molecule has 1 aromatic carbocycles. The third-order valence-corrected chi connectivity index (χ3v) is 10.1. The van der Waals surface area contributed by atoms with E-state index in [1.54, 1.807) is 10.8 Å². The van der Waals surface area contributed by atoms with Crippen LogP contribution in [-0.4, -0.2) is 194 Å². The quantitative estimate of drug-likeness (QED) is 0.0388. The molecular formula is C43H67O21S2-. The Balaban J connectivity index is 1.75. The fraction of sp³-hybridized carbons (Fsp3) is 0.721. The van der Waals surface area contributed by atoms with Crippen LogP contribution in [0.4, 0.5) is 0 Å². The van der Waals surface area contributed by atoms with Crippen LogP contribution in [-0.2, 0) is 101 Å². The summed E-state index contributed by atoms with van der Waals surface area (Å²) in [6.07, 6.45) is -1.13. The van der Waals surface area contributed by atoms with Gasteiger partial charge in [-0.2, -0.15) is 0 Å². The molecule has 0 atom stereocenters. The Labute approximate surface area is 394 Å². The summed E-state index contributed by atoms with van der Waals surface area (Å²) in [5.41, 5.74) is 1.31. The third kappa shape index (κ3) is 44.2. The van der Waals surface area contributed by atoms with Crippen molar-refractivity contribution in [2.45, 2.75) is 44.3 Å². The van der Waals surface area contributed by atoms with Crippen LogP contribution in [0.2, 0.25) is 0 Å². The Bertz CT molecular complexity index is 1380. The van der Waals surface area contributed by atoms with Crippen molar-refractivity contribution >= 4 is 57.4 Å². The number of carbonyl (C=O) groups is 6. The van der Waals surface area contributed by atoms with Crippen LogP contribution in [0.15, 0.2) is 30.3 Å². The van der Waals surface area contributed by atoms with E-state index in [4.69, 9.17) is 66.3 Å². The Morgan fingerprint density at radius 2 is 0.591 bits per heavy atom. The molecule has 1 aromatic rings. The van der Waals surface area contributed by atoms with Gasteiger partial charge in [0.05, 0.1) is 151 Å². The second-order valence-electron chi connectivity index (χ2n) is 13.1. The van der Waals surface area contributed by atoms with E-state index in [1.165, 1.54) is 5.56 Å². The number of benzene rings is 1. The monoisotopic (exact) mass is 983 g/mol. The van der Waals surface area contributed by atoms with Gasteiger partial charge in [0.25, 0.3) is 0 Å². The highest BCUT2D eigenvalue weighted by Crippen LogP contribution is 2.25. The molecule has 23 heteroatoms. The molecule has 1 rings (SSSR count). The van der Waals surface area contributed by atoms with Gasteiger partial charge >= 0.3 is 29.8 Å². The summed E-state index contributed by atoms with van der Waals surface area (Å²) in [4.78, 5) is 68.9. The van der Waals surface area contributed by atoms with Gasteiger partial charge < -0.3 is 76.2 Å². The minimum absolute atomic E-state index is 0.00480. The molecule has 0 spiro atoms. The number of carbonyl (C=O) groups excluding carboxylic acids is 6. The first-order valence-electron chi connectivity index (χ1n) is 21.7. The zero-order chi connectivity index (χ0) is 47.8. The number of hydrogen-bond acceptors (Lipinski definition) is 23. The van der Waals surface area contributed by atoms with E-state index in [9.17, 15) is 33.9 Å². The number of esters is 5. The molecule has 0 bridgehead atoms. The summed E-state index contributed by atoms with van der Waals surface area (Å²) in [5, 5.41) is 10.3. The van der Waals surface area contributed by atoms with Crippen molar-refractivity contribution in [3.8, 4) is 0 Å². The number of hydrogen-bond donors (Lipinski definition) is 0. The van der Waals surface area contributed by atoms with Crippen molar-refractivity contribution in [3.05, 3.63) is 35.9 Å². The fourth-order valence-electron chi connectivity index (χ4n) is 4.51. The normalized spacial score (nSPS) is 11.0. The summed E-state index contributed by atoms with van der Waals surface area (Å²) in [6.45, 7) is 5.58. The first kappa shape index (κ1) is 60.4.